The average Bonchev–Trinajstić information content (AvgIpc) is 3.44. The van der Waals surface area contributed by atoms with Gasteiger partial charge in [-0.25, -0.2) is 8.42 Å². The number of amides is 1. The second-order valence-electron chi connectivity index (χ2n) is 6.74. The van der Waals surface area contributed by atoms with Gasteiger partial charge in [0.25, 0.3) is 15.9 Å². The van der Waals surface area contributed by atoms with E-state index in [0.29, 0.717) is 33.9 Å². The molecule has 0 atom stereocenters. The maximum Gasteiger partial charge on any atom is 0.264 e. The number of carbonyl (C=O) groups excluding carboxylic acids is 1. The van der Waals surface area contributed by atoms with Gasteiger partial charge in [-0.1, -0.05) is 47.4 Å². The zero-order chi connectivity index (χ0) is 22.7. The van der Waals surface area contributed by atoms with Crippen molar-refractivity contribution in [3.05, 3.63) is 66.2 Å². The van der Waals surface area contributed by atoms with Gasteiger partial charge in [0, 0.05) is 12.3 Å². The van der Waals surface area contributed by atoms with Crippen molar-refractivity contribution < 1.29 is 17.9 Å². The third-order valence-corrected chi connectivity index (χ3v) is 8.58. The van der Waals surface area contributed by atoms with Gasteiger partial charge in [0.2, 0.25) is 5.13 Å². The monoisotopic (exact) mass is 488 g/mol. The summed E-state index contributed by atoms with van der Waals surface area (Å²) in [5, 5.41) is 11.0. The number of methoxy groups -OCH3 is 1. The fraction of sp³-hybridized carbons (Fsp3) is 0.190. The Balaban J connectivity index is 1.62. The summed E-state index contributed by atoms with van der Waals surface area (Å²) < 4.78 is 34.1. The molecule has 32 heavy (non-hydrogen) atoms. The summed E-state index contributed by atoms with van der Waals surface area (Å²) >= 11 is 2.68. The summed E-state index contributed by atoms with van der Waals surface area (Å²) in [6.07, 6.45) is 2.39. The van der Waals surface area contributed by atoms with Gasteiger partial charge in [0.05, 0.1) is 23.3 Å². The highest BCUT2D eigenvalue weighted by molar-refractivity contribution is 8.01. The van der Waals surface area contributed by atoms with Crippen LogP contribution in [0.5, 0.6) is 5.75 Å². The molecule has 166 valence electrons. The summed E-state index contributed by atoms with van der Waals surface area (Å²) in [5.41, 5.74) is 1.73. The van der Waals surface area contributed by atoms with Crippen LogP contribution in [0.4, 0.5) is 10.8 Å². The number of hydrogen-bond acceptors (Lipinski definition) is 8. The molecular weight excluding hydrogens is 468 g/mol. The third kappa shape index (κ3) is 4.36. The van der Waals surface area contributed by atoms with Gasteiger partial charge in [0.1, 0.15) is 5.75 Å². The zero-order valence-electron chi connectivity index (χ0n) is 17.1. The highest BCUT2D eigenvalue weighted by atomic mass is 32.2. The summed E-state index contributed by atoms with van der Waals surface area (Å²) in [4.78, 5) is 12.9. The molecule has 11 heteroatoms. The Hall–Kier alpha value is -2.89. The van der Waals surface area contributed by atoms with Crippen LogP contribution in [0.25, 0.3) is 0 Å². The van der Waals surface area contributed by atoms with Crippen LogP contribution in [-0.2, 0) is 16.4 Å². The lowest BCUT2D eigenvalue weighted by molar-refractivity contribution is 0.102. The Morgan fingerprint density at radius 2 is 2.12 bits per heavy atom. The van der Waals surface area contributed by atoms with Crippen molar-refractivity contribution in [2.45, 2.75) is 15.7 Å². The van der Waals surface area contributed by atoms with E-state index < -0.39 is 15.9 Å². The first-order valence-corrected chi connectivity index (χ1v) is 12.9. The summed E-state index contributed by atoms with van der Waals surface area (Å²) in [6.45, 7) is 4.01. The van der Waals surface area contributed by atoms with Gasteiger partial charge >= 0.3 is 0 Å². The Morgan fingerprint density at radius 3 is 2.91 bits per heavy atom. The summed E-state index contributed by atoms with van der Waals surface area (Å²) in [6, 6.07) is 11.7. The number of fused-ring (bicyclic) bond motifs is 1. The molecular formula is C21H20N4O4S3. The number of hydrogen-bond donors (Lipinski definition) is 1. The number of ether oxygens (including phenoxy) is 1. The van der Waals surface area contributed by atoms with Crippen LogP contribution in [0.2, 0.25) is 0 Å². The highest BCUT2D eigenvalue weighted by Crippen LogP contribution is 2.34. The lowest BCUT2D eigenvalue weighted by Gasteiger charge is -2.20. The van der Waals surface area contributed by atoms with Crippen molar-refractivity contribution in [1.82, 2.24) is 10.2 Å². The molecule has 1 aromatic heterocycles. The molecule has 2 heterocycles. The van der Waals surface area contributed by atoms with Crippen LogP contribution >= 0.6 is 23.1 Å². The topological polar surface area (TPSA) is 101 Å². The predicted molar refractivity (Wildman–Crippen MR) is 126 cm³/mol. The molecule has 0 bridgehead atoms. The van der Waals surface area contributed by atoms with E-state index in [4.69, 9.17) is 4.74 Å². The highest BCUT2D eigenvalue weighted by Gasteiger charge is 2.31. The van der Waals surface area contributed by atoms with Crippen LogP contribution in [0, 0.1) is 0 Å². The number of rotatable bonds is 8. The molecule has 0 radical (unpaired) electrons. The number of sulfonamides is 1. The zero-order valence-corrected chi connectivity index (χ0v) is 19.6. The van der Waals surface area contributed by atoms with E-state index in [2.05, 4.69) is 22.1 Å². The quantitative estimate of drug-likeness (QED) is 0.292. The van der Waals surface area contributed by atoms with Gasteiger partial charge in [-0.2, -0.15) is 0 Å². The maximum atomic E-state index is 13.4. The van der Waals surface area contributed by atoms with Crippen molar-refractivity contribution in [1.29, 1.82) is 0 Å². The van der Waals surface area contributed by atoms with Crippen LogP contribution in [-0.4, -0.2) is 43.9 Å². The number of aromatic nitrogens is 2. The molecule has 0 fully saturated rings. The van der Waals surface area contributed by atoms with E-state index in [9.17, 15) is 13.2 Å². The fourth-order valence-corrected chi connectivity index (χ4v) is 6.36. The summed E-state index contributed by atoms with van der Waals surface area (Å²) in [7, 11) is -2.43. The molecule has 0 spiro atoms. The average molecular weight is 489 g/mol. The normalized spacial score (nSPS) is 13.0. The molecule has 0 unspecified atom stereocenters. The minimum absolute atomic E-state index is 0.0136. The summed E-state index contributed by atoms with van der Waals surface area (Å²) in [5.74, 6) is 0.404. The van der Waals surface area contributed by atoms with E-state index in [-0.39, 0.29) is 16.2 Å². The van der Waals surface area contributed by atoms with E-state index in [1.165, 1.54) is 52.7 Å². The first kappa shape index (κ1) is 22.3. The molecule has 0 saturated heterocycles. The fourth-order valence-electron chi connectivity index (χ4n) is 3.32. The number of anilines is 2. The molecule has 0 saturated carbocycles. The smallest absolute Gasteiger partial charge is 0.264 e. The Kier molecular flexibility index (Phi) is 6.49. The van der Waals surface area contributed by atoms with Crippen LogP contribution in [0.3, 0.4) is 0 Å². The molecule has 1 amide bonds. The van der Waals surface area contributed by atoms with Crippen LogP contribution in [0.1, 0.15) is 15.9 Å². The van der Waals surface area contributed by atoms with Gasteiger partial charge in [-0.3, -0.25) is 14.4 Å². The minimum Gasteiger partial charge on any atom is -0.496 e. The largest absolute Gasteiger partial charge is 0.496 e. The van der Waals surface area contributed by atoms with Crippen molar-refractivity contribution in [2.75, 3.05) is 29.0 Å². The van der Waals surface area contributed by atoms with E-state index in [0.717, 1.165) is 5.56 Å². The maximum absolute atomic E-state index is 13.4. The lowest BCUT2D eigenvalue weighted by Crippen LogP contribution is -2.29. The Labute approximate surface area is 194 Å². The molecule has 0 aliphatic carbocycles. The van der Waals surface area contributed by atoms with Crippen molar-refractivity contribution >= 4 is 49.8 Å². The SMILES string of the molecule is C=CCSc1nnc(NC(=O)c2cc(S(=O)(=O)N3CCc4ccccc43)ccc2OC)s1. The molecule has 2 aromatic carbocycles. The molecule has 1 aliphatic heterocycles. The lowest BCUT2D eigenvalue weighted by atomic mass is 10.2. The van der Waals surface area contributed by atoms with E-state index >= 15 is 0 Å². The standard InChI is InChI=1S/C21H20N4O4S3/c1-3-12-30-21-24-23-20(31-21)22-19(26)16-13-15(8-9-18(16)29-2)32(27,28)25-11-10-14-6-4-5-7-17(14)25/h3-9,13H,1,10-12H2,2H3,(H,22,23,26). The number of carbonyl (C=O) groups is 1. The Bertz CT molecular complexity index is 1270. The number of nitrogens with one attached hydrogen (secondary N) is 1. The van der Waals surface area contributed by atoms with Crippen molar-refractivity contribution in [3.8, 4) is 5.75 Å². The Morgan fingerprint density at radius 1 is 1.31 bits per heavy atom. The van der Waals surface area contributed by atoms with Crippen LogP contribution in [0.15, 0.2) is 64.4 Å². The predicted octanol–water partition coefficient (Wildman–Crippen LogP) is 3.83. The van der Waals surface area contributed by atoms with Gasteiger partial charge in [-0.15, -0.1) is 16.8 Å². The second-order valence-corrected chi connectivity index (χ2v) is 10.9. The molecule has 1 aliphatic rings. The van der Waals surface area contributed by atoms with Gasteiger partial charge < -0.3 is 4.74 Å². The van der Waals surface area contributed by atoms with Gasteiger partial charge in [0.15, 0.2) is 4.34 Å². The minimum atomic E-state index is -3.85. The number of nitrogens with zero attached hydrogens (tertiary/aromatic N) is 3. The van der Waals surface area contributed by atoms with Crippen LogP contribution < -0.4 is 14.4 Å². The molecule has 4 rings (SSSR count). The van der Waals surface area contributed by atoms with Gasteiger partial charge in [-0.05, 0) is 36.2 Å². The number of benzene rings is 2. The first-order valence-electron chi connectivity index (χ1n) is 9.61. The molecule has 8 nitrogen and oxygen atoms in total. The number of para-hydroxylation sites is 1. The second kappa shape index (κ2) is 9.31. The molecule has 1 N–H and O–H groups in total. The van der Waals surface area contributed by atoms with Crippen molar-refractivity contribution in [2.24, 2.45) is 0 Å². The van der Waals surface area contributed by atoms with E-state index in [1.54, 1.807) is 12.1 Å². The first-order chi connectivity index (χ1) is 15.4. The van der Waals surface area contributed by atoms with Crippen molar-refractivity contribution in [3.63, 3.8) is 0 Å². The molecule has 3 aromatic rings. The third-order valence-electron chi connectivity index (χ3n) is 4.80. The van der Waals surface area contributed by atoms with E-state index in [1.807, 2.05) is 18.2 Å². The number of thioether (sulfide) groups is 1.